The molecule has 1 atom stereocenters. The van der Waals surface area contributed by atoms with E-state index in [4.69, 9.17) is 4.74 Å². The Balaban J connectivity index is 1.59. The molecule has 0 unspecified atom stereocenters. The molecule has 8 heteroatoms. The Morgan fingerprint density at radius 3 is 2.34 bits per heavy atom. The van der Waals surface area contributed by atoms with Gasteiger partial charge in [0, 0.05) is 37.9 Å². The van der Waals surface area contributed by atoms with Crippen LogP contribution in [-0.4, -0.2) is 62.9 Å². The lowest BCUT2D eigenvalue weighted by Gasteiger charge is -2.36. The van der Waals surface area contributed by atoms with Crippen molar-refractivity contribution < 1.29 is 17.9 Å². The highest BCUT2D eigenvalue weighted by molar-refractivity contribution is 7.89. The van der Waals surface area contributed by atoms with Gasteiger partial charge < -0.3 is 10.1 Å². The Bertz CT molecular complexity index is 952. The van der Waals surface area contributed by atoms with Gasteiger partial charge in [-0.05, 0) is 38.1 Å². The second-order valence-corrected chi connectivity index (χ2v) is 9.09. The van der Waals surface area contributed by atoms with Gasteiger partial charge in [-0.1, -0.05) is 23.8 Å². The summed E-state index contributed by atoms with van der Waals surface area (Å²) in [6.07, 6.45) is 0. The summed E-state index contributed by atoms with van der Waals surface area (Å²) in [7, 11) is -1.94. The van der Waals surface area contributed by atoms with Crippen molar-refractivity contribution in [1.29, 1.82) is 0 Å². The number of carbonyl (C=O) groups is 1. The van der Waals surface area contributed by atoms with Crippen LogP contribution in [0.4, 0.5) is 5.69 Å². The van der Waals surface area contributed by atoms with Crippen LogP contribution in [0, 0.1) is 6.92 Å². The number of hydrogen-bond acceptors (Lipinski definition) is 5. The summed E-state index contributed by atoms with van der Waals surface area (Å²) in [5, 5.41) is 2.89. The number of anilines is 1. The maximum atomic E-state index is 12.8. The number of nitrogens with one attached hydrogen (secondary N) is 1. The van der Waals surface area contributed by atoms with E-state index in [9.17, 15) is 13.2 Å². The van der Waals surface area contributed by atoms with E-state index < -0.39 is 10.0 Å². The number of sulfonamides is 1. The Morgan fingerprint density at radius 1 is 1.07 bits per heavy atom. The standard InChI is InChI=1S/C21H27N3O4S/c1-16-7-9-20(10-8-16)29(26,27)24-13-11-23(12-14-24)17(2)21(25)22-18-5-4-6-19(15-18)28-3/h4-10,15,17H,11-14H2,1-3H3,(H,22,25)/t17-/m1/s1. The minimum atomic E-state index is -3.51. The lowest BCUT2D eigenvalue weighted by atomic mass is 10.2. The molecule has 7 nitrogen and oxygen atoms in total. The van der Waals surface area contributed by atoms with Gasteiger partial charge in [-0.3, -0.25) is 9.69 Å². The minimum Gasteiger partial charge on any atom is -0.497 e. The van der Waals surface area contributed by atoms with Gasteiger partial charge in [-0.2, -0.15) is 4.31 Å². The molecule has 0 aromatic heterocycles. The van der Waals surface area contributed by atoms with E-state index in [2.05, 4.69) is 5.32 Å². The molecular formula is C21H27N3O4S. The monoisotopic (exact) mass is 417 g/mol. The van der Waals surface area contributed by atoms with Crippen molar-refractivity contribution in [1.82, 2.24) is 9.21 Å². The lowest BCUT2D eigenvalue weighted by Crippen LogP contribution is -2.53. The van der Waals surface area contributed by atoms with Gasteiger partial charge in [-0.15, -0.1) is 0 Å². The molecule has 0 aliphatic carbocycles. The first-order valence-electron chi connectivity index (χ1n) is 9.57. The van der Waals surface area contributed by atoms with E-state index in [1.165, 1.54) is 4.31 Å². The van der Waals surface area contributed by atoms with E-state index in [0.717, 1.165) is 5.56 Å². The predicted octanol–water partition coefficient (Wildman–Crippen LogP) is 2.34. The zero-order chi connectivity index (χ0) is 21.0. The van der Waals surface area contributed by atoms with Gasteiger partial charge in [-0.25, -0.2) is 8.42 Å². The molecule has 2 aromatic rings. The van der Waals surface area contributed by atoms with Crippen LogP contribution >= 0.6 is 0 Å². The van der Waals surface area contributed by atoms with Crippen LogP contribution in [0.25, 0.3) is 0 Å². The second-order valence-electron chi connectivity index (χ2n) is 7.15. The predicted molar refractivity (Wildman–Crippen MR) is 113 cm³/mol. The van der Waals surface area contributed by atoms with Gasteiger partial charge in [0.25, 0.3) is 0 Å². The Hall–Kier alpha value is -2.42. The molecule has 0 spiro atoms. The molecule has 0 radical (unpaired) electrons. The van der Waals surface area contributed by atoms with Crippen LogP contribution in [-0.2, 0) is 14.8 Å². The Morgan fingerprint density at radius 2 is 1.72 bits per heavy atom. The number of amides is 1. The molecule has 3 rings (SSSR count). The third kappa shape index (κ3) is 4.95. The molecule has 1 saturated heterocycles. The first-order chi connectivity index (χ1) is 13.8. The molecule has 0 bridgehead atoms. The Kier molecular flexibility index (Phi) is 6.56. The number of rotatable bonds is 6. The number of piperazine rings is 1. The first kappa shape index (κ1) is 21.3. The van der Waals surface area contributed by atoms with Crippen LogP contribution in [0.3, 0.4) is 0 Å². The SMILES string of the molecule is COc1cccc(NC(=O)[C@@H](C)N2CCN(S(=O)(=O)c3ccc(C)cc3)CC2)c1. The number of aryl methyl sites for hydroxylation is 1. The van der Waals surface area contributed by atoms with E-state index in [1.807, 2.05) is 30.9 Å². The van der Waals surface area contributed by atoms with Crippen molar-refractivity contribution >= 4 is 21.6 Å². The number of hydrogen-bond donors (Lipinski definition) is 1. The smallest absolute Gasteiger partial charge is 0.243 e. The summed E-state index contributed by atoms with van der Waals surface area (Å²) >= 11 is 0. The highest BCUT2D eigenvalue weighted by Gasteiger charge is 2.31. The maximum Gasteiger partial charge on any atom is 0.243 e. The lowest BCUT2D eigenvalue weighted by molar-refractivity contribution is -0.121. The summed E-state index contributed by atoms with van der Waals surface area (Å²) in [6.45, 7) is 5.46. The fourth-order valence-electron chi connectivity index (χ4n) is 3.30. The fourth-order valence-corrected chi connectivity index (χ4v) is 4.73. The van der Waals surface area contributed by atoms with Crippen molar-refractivity contribution in [3.8, 4) is 5.75 Å². The summed E-state index contributed by atoms with van der Waals surface area (Å²) < 4.78 is 32.3. The number of nitrogens with zero attached hydrogens (tertiary/aromatic N) is 2. The van der Waals surface area contributed by atoms with E-state index >= 15 is 0 Å². The minimum absolute atomic E-state index is 0.131. The van der Waals surface area contributed by atoms with Crippen molar-refractivity contribution in [3.05, 3.63) is 54.1 Å². The van der Waals surface area contributed by atoms with E-state index in [1.54, 1.807) is 43.5 Å². The summed E-state index contributed by atoms with van der Waals surface area (Å²) in [6, 6.07) is 13.7. The van der Waals surface area contributed by atoms with Gasteiger partial charge in [0.05, 0.1) is 18.0 Å². The number of ether oxygens (including phenoxy) is 1. The molecule has 1 aliphatic heterocycles. The van der Waals surface area contributed by atoms with Crippen LogP contribution in [0.5, 0.6) is 5.75 Å². The van der Waals surface area contributed by atoms with Gasteiger partial charge in [0.1, 0.15) is 5.75 Å². The third-order valence-corrected chi connectivity index (χ3v) is 7.11. The largest absolute Gasteiger partial charge is 0.497 e. The van der Waals surface area contributed by atoms with Gasteiger partial charge in [0.15, 0.2) is 0 Å². The Labute approximate surface area is 172 Å². The van der Waals surface area contributed by atoms with Crippen LogP contribution in [0.15, 0.2) is 53.4 Å². The number of methoxy groups -OCH3 is 1. The summed E-state index contributed by atoms with van der Waals surface area (Å²) in [5.74, 6) is 0.540. The van der Waals surface area contributed by atoms with Crippen molar-refractivity contribution in [2.45, 2.75) is 24.8 Å². The van der Waals surface area contributed by atoms with Crippen LogP contribution < -0.4 is 10.1 Å². The molecular weight excluding hydrogens is 390 g/mol. The molecule has 1 aliphatic rings. The van der Waals surface area contributed by atoms with Crippen molar-refractivity contribution in [2.24, 2.45) is 0 Å². The average Bonchev–Trinajstić information content (AvgIpc) is 2.73. The molecule has 2 aromatic carbocycles. The molecule has 1 fully saturated rings. The average molecular weight is 418 g/mol. The molecule has 29 heavy (non-hydrogen) atoms. The zero-order valence-corrected chi connectivity index (χ0v) is 17.8. The van der Waals surface area contributed by atoms with Gasteiger partial charge in [0.2, 0.25) is 15.9 Å². The third-order valence-electron chi connectivity index (χ3n) is 5.20. The van der Waals surface area contributed by atoms with E-state index in [-0.39, 0.29) is 11.9 Å². The molecule has 1 N–H and O–H groups in total. The topological polar surface area (TPSA) is 79.0 Å². The van der Waals surface area contributed by atoms with Crippen molar-refractivity contribution in [3.63, 3.8) is 0 Å². The fraction of sp³-hybridized carbons (Fsp3) is 0.381. The van der Waals surface area contributed by atoms with E-state index in [0.29, 0.717) is 42.5 Å². The highest BCUT2D eigenvalue weighted by Crippen LogP contribution is 2.20. The quantitative estimate of drug-likeness (QED) is 0.781. The van der Waals surface area contributed by atoms with Crippen LogP contribution in [0.2, 0.25) is 0 Å². The molecule has 0 saturated carbocycles. The number of benzene rings is 2. The molecule has 1 amide bonds. The second kappa shape index (κ2) is 8.94. The zero-order valence-electron chi connectivity index (χ0n) is 17.0. The van der Waals surface area contributed by atoms with Crippen molar-refractivity contribution in [2.75, 3.05) is 38.6 Å². The normalized spacial score (nSPS) is 16.9. The van der Waals surface area contributed by atoms with Crippen LogP contribution in [0.1, 0.15) is 12.5 Å². The van der Waals surface area contributed by atoms with Gasteiger partial charge >= 0.3 is 0 Å². The highest BCUT2D eigenvalue weighted by atomic mass is 32.2. The maximum absolute atomic E-state index is 12.8. The first-order valence-corrected chi connectivity index (χ1v) is 11.0. The molecule has 156 valence electrons. The molecule has 1 heterocycles. The summed E-state index contributed by atoms with van der Waals surface area (Å²) in [4.78, 5) is 14.9. The number of carbonyl (C=O) groups excluding carboxylic acids is 1. The summed E-state index contributed by atoms with van der Waals surface area (Å²) in [5.41, 5.74) is 1.69.